The molecule has 1 fully saturated rings. The number of nitrogens with zero attached hydrogens (tertiary/aromatic N) is 3. The van der Waals surface area contributed by atoms with Crippen LogP contribution in [0.25, 0.3) is 16.7 Å². The second kappa shape index (κ2) is 6.10. The van der Waals surface area contributed by atoms with E-state index in [1.807, 2.05) is 29.0 Å². The summed E-state index contributed by atoms with van der Waals surface area (Å²) in [5.74, 6) is 0.676. The molecule has 0 bridgehead atoms. The molecule has 4 N–H and O–H groups in total. The Bertz CT molecular complexity index is 989. The zero-order chi connectivity index (χ0) is 18.3. The van der Waals surface area contributed by atoms with Gasteiger partial charge in [-0.25, -0.2) is 4.98 Å². The smallest absolute Gasteiger partial charge is 0.221 e. The first-order valence-electron chi connectivity index (χ1n) is 8.71. The molecule has 1 amide bonds. The van der Waals surface area contributed by atoms with Crippen LogP contribution in [0.1, 0.15) is 38.2 Å². The third-order valence-electron chi connectivity index (χ3n) is 4.99. The summed E-state index contributed by atoms with van der Waals surface area (Å²) in [6, 6.07) is 7.55. The van der Waals surface area contributed by atoms with Gasteiger partial charge in [0.1, 0.15) is 5.82 Å². The van der Waals surface area contributed by atoms with Crippen LogP contribution in [0.15, 0.2) is 36.7 Å². The van der Waals surface area contributed by atoms with Gasteiger partial charge < -0.3 is 20.7 Å². The molecule has 0 spiro atoms. The number of nitrogen functional groups attached to an aromatic ring is 1. The van der Waals surface area contributed by atoms with Crippen molar-refractivity contribution in [3.8, 4) is 5.82 Å². The minimum absolute atomic E-state index is 0.152. The predicted octanol–water partition coefficient (Wildman–Crippen LogP) is 2.72. The molecule has 134 valence electrons. The number of hydrogen-bond donors (Lipinski definition) is 3. The van der Waals surface area contributed by atoms with Gasteiger partial charge in [0.05, 0.1) is 16.8 Å². The van der Waals surface area contributed by atoms with E-state index in [4.69, 9.17) is 5.73 Å². The van der Waals surface area contributed by atoms with Gasteiger partial charge >= 0.3 is 0 Å². The van der Waals surface area contributed by atoms with Crippen molar-refractivity contribution in [2.45, 2.75) is 38.2 Å². The first kappa shape index (κ1) is 16.5. The Morgan fingerprint density at radius 3 is 2.77 bits per heavy atom. The van der Waals surface area contributed by atoms with Crippen molar-refractivity contribution in [1.82, 2.24) is 14.5 Å². The minimum atomic E-state index is -0.860. The summed E-state index contributed by atoms with van der Waals surface area (Å²) in [6.07, 6.45) is 6.91. The van der Waals surface area contributed by atoms with Gasteiger partial charge in [0.2, 0.25) is 11.9 Å². The molecule has 7 nitrogen and oxygen atoms in total. The van der Waals surface area contributed by atoms with E-state index in [1.54, 1.807) is 12.3 Å². The SMILES string of the molecule is CC(=O)Nc1cc(C2(O)CCCC2)cc2c1ccn2-c1ccnc(N)n1. The quantitative estimate of drug-likeness (QED) is 0.673. The largest absolute Gasteiger partial charge is 0.385 e. The highest BCUT2D eigenvalue weighted by molar-refractivity contribution is 6.01. The van der Waals surface area contributed by atoms with Crippen LogP contribution in [0.5, 0.6) is 0 Å². The summed E-state index contributed by atoms with van der Waals surface area (Å²) in [6.45, 7) is 1.48. The number of nitrogens with one attached hydrogen (secondary N) is 1. The van der Waals surface area contributed by atoms with E-state index in [1.165, 1.54) is 6.92 Å². The molecule has 26 heavy (non-hydrogen) atoms. The van der Waals surface area contributed by atoms with Crippen molar-refractivity contribution in [1.29, 1.82) is 0 Å². The number of nitrogens with two attached hydrogens (primary N) is 1. The Hall–Kier alpha value is -2.93. The standard InChI is InChI=1S/C19H21N5O2/c1-12(25)22-15-10-13(19(26)6-2-3-7-19)11-16-14(15)5-9-24(16)17-4-8-21-18(20)23-17/h4-5,8-11,26H,2-3,6-7H2,1H3,(H,22,25)(H2,20,21,23). The van der Waals surface area contributed by atoms with E-state index in [9.17, 15) is 9.90 Å². The van der Waals surface area contributed by atoms with Crippen molar-refractivity contribution in [2.75, 3.05) is 11.1 Å². The monoisotopic (exact) mass is 351 g/mol. The third-order valence-corrected chi connectivity index (χ3v) is 4.99. The summed E-state index contributed by atoms with van der Waals surface area (Å²) in [5, 5.41) is 14.8. The number of hydrogen-bond acceptors (Lipinski definition) is 5. The fourth-order valence-electron chi connectivity index (χ4n) is 3.75. The van der Waals surface area contributed by atoms with Crippen LogP contribution in [0.3, 0.4) is 0 Å². The van der Waals surface area contributed by atoms with Gasteiger partial charge in [-0.15, -0.1) is 0 Å². The van der Waals surface area contributed by atoms with E-state index in [0.29, 0.717) is 11.5 Å². The maximum atomic E-state index is 11.7. The summed E-state index contributed by atoms with van der Waals surface area (Å²) >= 11 is 0. The molecule has 1 aliphatic rings. The van der Waals surface area contributed by atoms with Crippen LogP contribution in [-0.4, -0.2) is 25.5 Å². The maximum absolute atomic E-state index is 11.7. The lowest BCUT2D eigenvalue weighted by molar-refractivity contribution is -0.114. The van der Waals surface area contributed by atoms with Crippen LogP contribution in [0, 0.1) is 0 Å². The first-order valence-corrected chi connectivity index (χ1v) is 8.71. The van der Waals surface area contributed by atoms with E-state index in [0.717, 1.165) is 42.1 Å². The van der Waals surface area contributed by atoms with Gasteiger partial charge in [-0.1, -0.05) is 12.8 Å². The number of rotatable bonds is 3. The fraction of sp³-hybridized carbons (Fsp3) is 0.316. The topological polar surface area (TPSA) is 106 Å². The molecule has 0 saturated heterocycles. The molecular formula is C19H21N5O2. The number of fused-ring (bicyclic) bond motifs is 1. The molecule has 2 aromatic heterocycles. The van der Waals surface area contributed by atoms with Crippen molar-refractivity contribution in [3.63, 3.8) is 0 Å². The van der Waals surface area contributed by atoms with Crippen molar-refractivity contribution in [2.24, 2.45) is 0 Å². The molecule has 1 saturated carbocycles. The van der Waals surface area contributed by atoms with Gasteiger partial charge in [0.15, 0.2) is 0 Å². The van der Waals surface area contributed by atoms with Crippen LogP contribution < -0.4 is 11.1 Å². The Morgan fingerprint density at radius 2 is 2.08 bits per heavy atom. The van der Waals surface area contributed by atoms with Gasteiger partial charge in [-0.3, -0.25) is 4.79 Å². The normalized spacial score (nSPS) is 16.1. The molecule has 3 aromatic rings. The summed E-state index contributed by atoms with van der Waals surface area (Å²) in [7, 11) is 0. The first-order chi connectivity index (χ1) is 12.5. The molecule has 1 aromatic carbocycles. The minimum Gasteiger partial charge on any atom is -0.385 e. The number of carbonyl (C=O) groups excluding carboxylic acids is 1. The van der Waals surface area contributed by atoms with Gasteiger partial charge in [0, 0.05) is 24.7 Å². The van der Waals surface area contributed by atoms with Crippen LogP contribution in [-0.2, 0) is 10.4 Å². The highest BCUT2D eigenvalue weighted by Gasteiger charge is 2.34. The predicted molar refractivity (Wildman–Crippen MR) is 99.9 cm³/mol. The molecule has 0 atom stereocenters. The lowest BCUT2D eigenvalue weighted by Crippen LogP contribution is -2.21. The molecule has 0 unspecified atom stereocenters. The Balaban J connectivity index is 1.94. The molecule has 7 heteroatoms. The van der Waals surface area contributed by atoms with Crippen LogP contribution in [0.4, 0.5) is 11.6 Å². The second-order valence-corrected chi connectivity index (χ2v) is 6.84. The molecule has 0 aliphatic heterocycles. The Morgan fingerprint density at radius 1 is 1.31 bits per heavy atom. The number of amides is 1. The Labute approximate surface area is 150 Å². The number of benzene rings is 1. The molecular weight excluding hydrogens is 330 g/mol. The van der Waals surface area contributed by atoms with Crippen LogP contribution in [0.2, 0.25) is 0 Å². The van der Waals surface area contributed by atoms with Crippen molar-refractivity contribution >= 4 is 28.4 Å². The highest BCUT2D eigenvalue weighted by Crippen LogP contribution is 2.41. The number of anilines is 2. The maximum Gasteiger partial charge on any atom is 0.221 e. The zero-order valence-corrected chi connectivity index (χ0v) is 14.6. The van der Waals surface area contributed by atoms with E-state index in [2.05, 4.69) is 15.3 Å². The average molecular weight is 351 g/mol. The molecule has 2 heterocycles. The highest BCUT2D eigenvalue weighted by atomic mass is 16.3. The number of aromatic nitrogens is 3. The Kier molecular flexibility index (Phi) is 3.88. The van der Waals surface area contributed by atoms with Gasteiger partial charge in [-0.05, 0) is 42.7 Å². The van der Waals surface area contributed by atoms with Crippen molar-refractivity contribution in [3.05, 3.63) is 42.2 Å². The number of carbonyl (C=O) groups is 1. The van der Waals surface area contributed by atoms with E-state index >= 15 is 0 Å². The summed E-state index contributed by atoms with van der Waals surface area (Å²) in [5.41, 5.74) is 7.21. The van der Waals surface area contributed by atoms with E-state index in [-0.39, 0.29) is 11.9 Å². The van der Waals surface area contributed by atoms with Crippen molar-refractivity contribution < 1.29 is 9.90 Å². The number of aliphatic hydroxyl groups is 1. The summed E-state index contributed by atoms with van der Waals surface area (Å²) in [4.78, 5) is 19.9. The third kappa shape index (κ3) is 2.80. The lowest BCUT2D eigenvalue weighted by Gasteiger charge is -2.24. The second-order valence-electron chi connectivity index (χ2n) is 6.84. The van der Waals surface area contributed by atoms with E-state index < -0.39 is 5.60 Å². The van der Waals surface area contributed by atoms with Crippen LogP contribution >= 0.6 is 0 Å². The zero-order valence-electron chi connectivity index (χ0n) is 14.6. The fourth-order valence-corrected chi connectivity index (χ4v) is 3.75. The molecule has 1 aliphatic carbocycles. The molecule has 4 rings (SSSR count). The summed E-state index contributed by atoms with van der Waals surface area (Å²) < 4.78 is 1.89. The van der Waals surface area contributed by atoms with Gasteiger partial charge in [0.25, 0.3) is 0 Å². The van der Waals surface area contributed by atoms with Gasteiger partial charge in [-0.2, -0.15) is 4.98 Å². The molecule has 0 radical (unpaired) electrons. The lowest BCUT2D eigenvalue weighted by atomic mass is 9.91. The average Bonchev–Trinajstić information content (AvgIpc) is 3.21.